The Kier molecular flexibility index (Phi) is 6.55. The van der Waals surface area contributed by atoms with E-state index in [0.717, 1.165) is 16.9 Å². The lowest BCUT2D eigenvalue weighted by atomic mass is 10.1. The van der Waals surface area contributed by atoms with E-state index in [4.69, 9.17) is 0 Å². The van der Waals surface area contributed by atoms with Crippen LogP contribution in [0.2, 0.25) is 0 Å². The Morgan fingerprint density at radius 3 is 2.43 bits per heavy atom. The molecule has 144 valence electrons. The molecule has 0 aliphatic rings. The lowest BCUT2D eigenvalue weighted by Crippen LogP contribution is -2.33. The summed E-state index contributed by atoms with van der Waals surface area (Å²) in [5.41, 5.74) is 1.60. The number of hydrogen-bond acceptors (Lipinski definition) is 4. The van der Waals surface area contributed by atoms with Crippen LogP contribution in [0.4, 0.5) is 5.69 Å². The maximum absolute atomic E-state index is 13.0. The number of hydrogen-bond donors (Lipinski definition) is 0. The maximum Gasteiger partial charge on any atom is 0.273 e. The number of carbonyl (C=O) groups excluding carboxylic acids is 1. The third-order valence-electron chi connectivity index (χ3n) is 4.54. The normalized spacial score (nSPS) is 10.6. The van der Waals surface area contributed by atoms with E-state index in [-0.39, 0.29) is 18.0 Å². The molecule has 0 unspecified atom stereocenters. The molecule has 0 aliphatic carbocycles. The van der Waals surface area contributed by atoms with Crippen molar-refractivity contribution in [1.29, 1.82) is 0 Å². The number of aryl methyl sites for hydroxylation is 1. The lowest BCUT2D eigenvalue weighted by Gasteiger charge is -2.22. The van der Waals surface area contributed by atoms with Crippen molar-refractivity contribution in [3.63, 3.8) is 0 Å². The molecule has 3 aromatic rings. The van der Waals surface area contributed by atoms with Gasteiger partial charge in [-0.15, -0.1) is 11.3 Å². The number of nitrogens with zero attached hydrogens (tertiary/aromatic N) is 2. The second kappa shape index (κ2) is 9.28. The standard InChI is InChI=1S/C22H22N2O3S/c1-17-11-12-20(28-17)16-23(14-13-18-7-3-2-4-8-18)22(25)15-19-9-5-6-10-21(19)24(26)27/h2-12H,13-16H2,1H3. The van der Waals surface area contributed by atoms with E-state index in [2.05, 4.69) is 0 Å². The van der Waals surface area contributed by atoms with E-state index in [1.54, 1.807) is 34.4 Å². The Morgan fingerprint density at radius 1 is 1.04 bits per heavy atom. The number of amides is 1. The number of thiophene rings is 1. The molecule has 2 aromatic carbocycles. The van der Waals surface area contributed by atoms with Gasteiger partial charge in [-0.2, -0.15) is 0 Å². The van der Waals surface area contributed by atoms with Crippen LogP contribution >= 0.6 is 11.3 Å². The van der Waals surface area contributed by atoms with E-state index in [1.807, 2.05) is 49.4 Å². The van der Waals surface area contributed by atoms with E-state index < -0.39 is 4.92 Å². The van der Waals surface area contributed by atoms with Crippen molar-refractivity contribution in [1.82, 2.24) is 4.90 Å². The first-order valence-corrected chi connectivity index (χ1v) is 9.94. The Morgan fingerprint density at radius 2 is 1.75 bits per heavy atom. The average Bonchev–Trinajstić information content (AvgIpc) is 3.11. The zero-order valence-electron chi connectivity index (χ0n) is 15.7. The Hall–Kier alpha value is -2.99. The lowest BCUT2D eigenvalue weighted by molar-refractivity contribution is -0.385. The molecule has 1 heterocycles. The van der Waals surface area contributed by atoms with Gasteiger partial charge in [0.1, 0.15) is 0 Å². The minimum Gasteiger partial charge on any atom is -0.337 e. The highest BCUT2D eigenvalue weighted by molar-refractivity contribution is 7.11. The van der Waals surface area contributed by atoms with Crippen LogP contribution in [0.5, 0.6) is 0 Å². The summed E-state index contributed by atoms with van der Waals surface area (Å²) in [6.07, 6.45) is 0.768. The zero-order valence-corrected chi connectivity index (χ0v) is 16.5. The predicted octanol–water partition coefficient (Wildman–Crippen LogP) is 4.78. The third kappa shape index (κ3) is 5.27. The van der Waals surface area contributed by atoms with Gasteiger partial charge in [0, 0.05) is 27.9 Å². The summed E-state index contributed by atoms with van der Waals surface area (Å²) in [4.78, 5) is 28.0. The fraction of sp³-hybridized carbons (Fsp3) is 0.227. The second-order valence-electron chi connectivity index (χ2n) is 6.63. The fourth-order valence-electron chi connectivity index (χ4n) is 3.07. The zero-order chi connectivity index (χ0) is 19.9. The minimum atomic E-state index is -0.431. The highest BCUT2D eigenvalue weighted by Gasteiger charge is 2.20. The Balaban J connectivity index is 1.76. The van der Waals surface area contributed by atoms with Crippen molar-refractivity contribution >= 4 is 22.9 Å². The van der Waals surface area contributed by atoms with Gasteiger partial charge in [-0.25, -0.2) is 0 Å². The number of nitro benzene ring substituents is 1. The van der Waals surface area contributed by atoms with Crippen molar-refractivity contribution < 1.29 is 9.72 Å². The van der Waals surface area contributed by atoms with Crippen LogP contribution in [0.3, 0.4) is 0 Å². The van der Waals surface area contributed by atoms with Crippen molar-refractivity contribution in [3.8, 4) is 0 Å². The fourth-order valence-corrected chi connectivity index (χ4v) is 3.98. The molecule has 0 atom stereocenters. The summed E-state index contributed by atoms with van der Waals surface area (Å²) >= 11 is 1.67. The topological polar surface area (TPSA) is 63.5 Å². The van der Waals surface area contributed by atoms with E-state index in [9.17, 15) is 14.9 Å². The van der Waals surface area contributed by atoms with Crippen LogP contribution in [-0.4, -0.2) is 22.3 Å². The number of rotatable bonds is 8. The van der Waals surface area contributed by atoms with Gasteiger partial charge in [0.15, 0.2) is 0 Å². The van der Waals surface area contributed by atoms with Gasteiger partial charge in [-0.3, -0.25) is 14.9 Å². The van der Waals surface area contributed by atoms with Crippen LogP contribution in [0, 0.1) is 17.0 Å². The van der Waals surface area contributed by atoms with Gasteiger partial charge in [0.2, 0.25) is 5.91 Å². The molecular weight excluding hydrogens is 372 g/mol. The number of benzene rings is 2. The third-order valence-corrected chi connectivity index (χ3v) is 5.52. The molecule has 0 saturated heterocycles. The monoisotopic (exact) mass is 394 g/mol. The molecule has 1 aromatic heterocycles. The van der Waals surface area contributed by atoms with E-state index >= 15 is 0 Å². The van der Waals surface area contributed by atoms with Crippen molar-refractivity contribution in [2.75, 3.05) is 6.54 Å². The minimum absolute atomic E-state index is 0.00849. The summed E-state index contributed by atoms with van der Waals surface area (Å²) in [5, 5.41) is 11.3. The number of para-hydroxylation sites is 1. The molecule has 0 N–H and O–H groups in total. The Labute approximate surface area is 168 Å². The first-order chi connectivity index (χ1) is 13.5. The summed E-state index contributed by atoms with van der Waals surface area (Å²) in [5.74, 6) is -0.101. The van der Waals surface area contributed by atoms with Crippen LogP contribution in [-0.2, 0) is 24.2 Å². The van der Waals surface area contributed by atoms with Crippen LogP contribution in [0.15, 0.2) is 66.7 Å². The van der Waals surface area contributed by atoms with E-state index in [0.29, 0.717) is 18.7 Å². The van der Waals surface area contributed by atoms with Gasteiger partial charge in [-0.1, -0.05) is 48.5 Å². The molecule has 5 nitrogen and oxygen atoms in total. The smallest absolute Gasteiger partial charge is 0.273 e. The van der Waals surface area contributed by atoms with Crippen molar-refractivity contribution in [2.45, 2.75) is 26.3 Å². The molecule has 0 bridgehead atoms. The molecule has 28 heavy (non-hydrogen) atoms. The molecule has 1 amide bonds. The van der Waals surface area contributed by atoms with Crippen LogP contribution < -0.4 is 0 Å². The molecule has 0 aliphatic heterocycles. The summed E-state index contributed by atoms with van der Waals surface area (Å²) in [6, 6.07) is 20.5. The number of nitro groups is 1. The van der Waals surface area contributed by atoms with E-state index in [1.165, 1.54) is 10.9 Å². The first kappa shape index (κ1) is 19.8. The molecule has 3 rings (SSSR count). The average molecular weight is 394 g/mol. The molecule has 0 saturated carbocycles. The van der Waals surface area contributed by atoms with Crippen LogP contribution in [0.1, 0.15) is 20.9 Å². The largest absolute Gasteiger partial charge is 0.337 e. The molecule has 0 spiro atoms. The van der Waals surface area contributed by atoms with Gasteiger partial charge in [-0.05, 0) is 31.0 Å². The first-order valence-electron chi connectivity index (χ1n) is 9.12. The van der Waals surface area contributed by atoms with Crippen LogP contribution in [0.25, 0.3) is 0 Å². The second-order valence-corrected chi connectivity index (χ2v) is 8.00. The quantitative estimate of drug-likeness (QED) is 0.408. The summed E-state index contributed by atoms with van der Waals surface area (Å²) in [6.45, 7) is 3.13. The summed E-state index contributed by atoms with van der Waals surface area (Å²) in [7, 11) is 0. The van der Waals surface area contributed by atoms with Crippen molar-refractivity contribution in [3.05, 3.63) is 97.7 Å². The molecule has 0 radical (unpaired) electrons. The van der Waals surface area contributed by atoms with Gasteiger partial charge in [0.05, 0.1) is 17.9 Å². The van der Waals surface area contributed by atoms with Gasteiger partial charge >= 0.3 is 0 Å². The number of carbonyl (C=O) groups is 1. The van der Waals surface area contributed by atoms with Crippen molar-refractivity contribution in [2.24, 2.45) is 0 Å². The molecule has 0 fully saturated rings. The van der Waals surface area contributed by atoms with Gasteiger partial charge in [0.25, 0.3) is 5.69 Å². The maximum atomic E-state index is 13.0. The van der Waals surface area contributed by atoms with Gasteiger partial charge < -0.3 is 4.90 Å². The predicted molar refractivity (Wildman–Crippen MR) is 111 cm³/mol. The highest BCUT2D eigenvalue weighted by atomic mass is 32.1. The SMILES string of the molecule is Cc1ccc(CN(CCc2ccccc2)C(=O)Cc2ccccc2[N+](=O)[O-])s1. The molecular formula is C22H22N2O3S. The Bertz CT molecular complexity index is 953. The highest BCUT2D eigenvalue weighted by Crippen LogP contribution is 2.21. The summed E-state index contributed by atoms with van der Waals surface area (Å²) < 4.78 is 0. The molecule has 6 heteroatoms.